The molecule has 4 rings (SSSR count). The van der Waals surface area contributed by atoms with Crippen LogP contribution in [-0.2, 0) is 16.0 Å². The highest BCUT2D eigenvalue weighted by atomic mass is 32.1. The van der Waals surface area contributed by atoms with E-state index in [4.69, 9.17) is 14.5 Å². The first-order valence-electron chi connectivity index (χ1n) is 11.1. The van der Waals surface area contributed by atoms with Gasteiger partial charge >= 0.3 is 5.97 Å². The van der Waals surface area contributed by atoms with Gasteiger partial charge in [-0.25, -0.2) is 14.5 Å². The molecule has 0 saturated carbocycles. The van der Waals surface area contributed by atoms with Crippen LogP contribution in [0.5, 0.6) is 0 Å². The maximum Gasteiger partial charge on any atom is 0.339 e. The van der Waals surface area contributed by atoms with Gasteiger partial charge in [0, 0.05) is 36.6 Å². The summed E-state index contributed by atoms with van der Waals surface area (Å²) in [5, 5.41) is 6.98. The molecule has 0 spiro atoms. The molecule has 0 unspecified atom stereocenters. The molecule has 4 heterocycles. The molecule has 0 saturated heterocycles. The van der Waals surface area contributed by atoms with Gasteiger partial charge in [0.05, 0.1) is 34.3 Å². The van der Waals surface area contributed by atoms with Crippen molar-refractivity contribution in [2.24, 2.45) is 0 Å². The van der Waals surface area contributed by atoms with Crippen molar-refractivity contribution in [2.75, 3.05) is 20.3 Å². The molecule has 0 amide bonds. The number of ketones is 1. The fourth-order valence-corrected chi connectivity index (χ4v) is 4.70. The van der Waals surface area contributed by atoms with Crippen LogP contribution in [0.1, 0.15) is 52.0 Å². The highest BCUT2D eigenvalue weighted by molar-refractivity contribution is 7.13. The van der Waals surface area contributed by atoms with Crippen LogP contribution >= 0.6 is 11.3 Å². The minimum Gasteiger partial charge on any atom is -0.454 e. The molecule has 0 bridgehead atoms. The van der Waals surface area contributed by atoms with Crippen LogP contribution in [0.2, 0.25) is 0 Å². The number of carbonyl (C=O) groups is 2. The van der Waals surface area contributed by atoms with Crippen molar-refractivity contribution in [3.8, 4) is 10.6 Å². The molecule has 9 heteroatoms. The fraction of sp³-hybridized carbons (Fsp3) is 0.360. The van der Waals surface area contributed by atoms with Crippen LogP contribution in [-0.4, -0.2) is 51.4 Å². The average molecular weight is 481 g/mol. The Labute approximate surface area is 202 Å². The minimum atomic E-state index is -0.574. The Hall–Kier alpha value is -3.30. The van der Waals surface area contributed by atoms with Crippen LogP contribution in [0.3, 0.4) is 0 Å². The van der Waals surface area contributed by atoms with Gasteiger partial charge in [0.1, 0.15) is 0 Å². The number of esters is 1. The fourth-order valence-electron chi connectivity index (χ4n) is 4.01. The molecule has 0 aromatic carbocycles. The Balaban J connectivity index is 1.60. The van der Waals surface area contributed by atoms with Crippen molar-refractivity contribution >= 4 is 34.1 Å². The Kier molecular flexibility index (Phi) is 6.95. The third kappa shape index (κ3) is 4.53. The van der Waals surface area contributed by atoms with Crippen molar-refractivity contribution in [3.05, 3.63) is 58.4 Å². The summed E-state index contributed by atoms with van der Waals surface area (Å²) in [5.74, 6) is -0.818. The van der Waals surface area contributed by atoms with Crippen LogP contribution in [0, 0.1) is 13.8 Å². The van der Waals surface area contributed by atoms with Crippen molar-refractivity contribution in [3.63, 3.8) is 0 Å². The molecule has 8 nitrogen and oxygen atoms in total. The summed E-state index contributed by atoms with van der Waals surface area (Å²) in [5.41, 5.74) is 3.97. The molecule has 0 atom stereocenters. The quantitative estimate of drug-likeness (QED) is 0.251. The minimum absolute atomic E-state index is 0.0717. The zero-order valence-electron chi connectivity index (χ0n) is 20.0. The monoisotopic (exact) mass is 480 g/mol. The second-order valence-electron chi connectivity index (χ2n) is 8.38. The van der Waals surface area contributed by atoms with E-state index in [-0.39, 0.29) is 18.4 Å². The summed E-state index contributed by atoms with van der Waals surface area (Å²) in [6, 6.07) is 7.50. The summed E-state index contributed by atoms with van der Waals surface area (Å²) in [6.45, 7) is 8.70. The molecule has 0 aliphatic heterocycles. The average Bonchev–Trinajstić information content (AvgIpc) is 3.55. The highest BCUT2D eigenvalue weighted by Crippen LogP contribution is 2.29. The number of carbonyl (C=O) groups excluding carboxylic acids is 2. The summed E-state index contributed by atoms with van der Waals surface area (Å²) in [4.78, 5) is 31.7. The maximum absolute atomic E-state index is 13.1. The van der Waals surface area contributed by atoms with E-state index in [0.29, 0.717) is 41.0 Å². The number of Topliss-reactive ketones (excluding diaryl/α,β-unsaturated/α-hetero) is 1. The first-order chi connectivity index (χ1) is 16.3. The molecule has 0 N–H and O–H groups in total. The summed E-state index contributed by atoms with van der Waals surface area (Å²) >= 11 is 1.54. The van der Waals surface area contributed by atoms with Gasteiger partial charge in [-0.15, -0.1) is 11.3 Å². The smallest absolute Gasteiger partial charge is 0.339 e. The number of thiophene rings is 1. The highest BCUT2D eigenvalue weighted by Gasteiger charge is 2.22. The second kappa shape index (κ2) is 9.90. The molecular formula is C25H28N4O4S. The molecule has 0 fully saturated rings. The Morgan fingerprint density at radius 2 is 1.97 bits per heavy atom. The first-order valence-corrected chi connectivity index (χ1v) is 12.0. The lowest BCUT2D eigenvalue weighted by atomic mass is 10.1. The number of aromatic nitrogens is 4. The third-order valence-electron chi connectivity index (χ3n) is 5.78. The molecule has 34 heavy (non-hydrogen) atoms. The van der Waals surface area contributed by atoms with Gasteiger partial charge in [0.15, 0.2) is 12.3 Å². The Bertz CT molecular complexity index is 1330. The number of methoxy groups -OCH3 is 1. The largest absolute Gasteiger partial charge is 0.454 e. The van der Waals surface area contributed by atoms with Gasteiger partial charge < -0.3 is 14.0 Å². The number of fused-ring (bicyclic) bond motifs is 1. The number of hydrogen-bond acceptors (Lipinski definition) is 7. The van der Waals surface area contributed by atoms with E-state index in [1.165, 1.54) is 11.3 Å². The van der Waals surface area contributed by atoms with E-state index in [9.17, 15) is 9.59 Å². The van der Waals surface area contributed by atoms with Gasteiger partial charge in [0.2, 0.25) is 5.78 Å². The lowest BCUT2D eigenvalue weighted by molar-refractivity contribution is 0.0476. The summed E-state index contributed by atoms with van der Waals surface area (Å²) < 4.78 is 14.5. The van der Waals surface area contributed by atoms with E-state index in [2.05, 4.69) is 5.10 Å². The van der Waals surface area contributed by atoms with Crippen LogP contribution in [0.25, 0.3) is 21.6 Å². The SMILES string of the molecule is COCCn1c(C)cc(C(=O)COC(=O)c2cc(-c3cccs3)nc3c2cnn3C(C)C)c1C. The zero-order valence-corrected chi connectivity index (χ0v) is 20.8. The van der Waals surface area contributed by atoms with E-state index in [0.717, 1.165) is 16.3 Å². The molecule has 178 valence electrons. The number of hydrogen-bond donors (Lipinski definition) is 0. The van der Waals surface area contributed by atoms with Crippen LogP contribution in [0.4, 0.5) is 0 Å². The predicted molar refractivity (Wildman–Crippen MR) is 132 cm³/mol. The Morgan fingerprint density at radius 3 is 2.65 bits per heavy atom. The number of nitrogens with zero attached hydrogens (tertiary/aromatic N) is 4. The number of ether oxygens (including phenoxy) is 2. The van der Waals surface area contributed by atoms with Crippen molar-refractivity contribution in [2.45, 2.75) is 40.3 Å². The summed E-state index contributed by atoms with van der Waals surface area (Å²) in [6.07, 6.45) is 1.63. The Morgan fingerprint density at radius 1 is 1.18 bits per heavy atom. The van der Waals surface area contributed by atoms with Crippen molar-refractivity contribution < 1.29 is 19.1 Å². The lowest BCUT2D eigenvalue weighted by Gasteiger charge is -2.10. The topological polar surface area (TPSA) is 88.2 Å². The first kappa shape index (κ1) is 23.8. The van der Waals surface area contributed by atoms with Crippen LogP contribution in [0.15, 0.2) is 35.8 Å². The third-order valence-corrected chi connectivity index (χ3v) is 6.67. The maximum atomic E-state index is 13.1. The van der Waals surface area contributed by atoms with Gasteiger partial charge in [-0.3, -0.25) is 4.79 Å². The van der Waals surface area contributed by atoms with Crippen molar-refractivity contribution in [1.29, 1.82) is 0 Å². The van der Waals surface area contributed by atoms with Gasteiger partial charge in [-0.2, -0.15) is 5.10 Å². The lowest BCUT2D eigenvalue weighted by Crippen LogP contribution is -2.16. The van der Waals surface area contributed by atoms with E-state index < -0.39 is 5.97 Å². The predicted octanol–water partition coefficient (Wildman–Crippen LogP) is 4.85. The van der Waals surface area contributed by atoms with Gasteiger partial charge in [-0.1, -0.05) is 6.07 Å². The zero-order chi connectivity index (χ0) is 24.4. The number of aryl methyl sites for hydroxylation is 1. The van der Waals surface area contributed by atoms with E-state index in [1.54, 1.807) is 24.1 Å². The van der Waals surface area contributed by atoms with Crippen LogP contribution < -0.4 is 0 Å². The molecular weight excluding hydrogens is 452 g/mol. The summed E-state index contributed by atoms with van der Waals surface area (Å²) in [7, 11) is 1.64. The second-order valence-corrected chi connectivity index (χ2v) is 9.33. The van der Waals surface area contributed by atoms with E-state index in [1.807, 2.05) is 55.8 Å². The van der Waals surface area contributed by atoms with E-state index >= 15 is 0 Å². The normalized spacial score (nSPS) is 11.5. The van der Waals surface area contributed by atoms with Gasteiger partial charge in [-0.05, 0) is 51.3 Å². The van der Waals surface area contributed by atoms with Crippen molar-refractivity contribution in [1.82, 2.24) is 19.3 Å². The molecule has 0 aliphatic carbocycles. The van der Waals surface area contributed by atoms with Gasteiger partial charge in [0.25, 0.3) is 0 Å². The molecule has 4 aromatic rings. The molecule has 4 aromatic heterocycles. The molecule has 0 radical (unpaired) electrons. The standard InChI is InChI=1S/C25H28N4O4S/c1-15(2)29-24-20(13-26-29)19(12-21(27-24)23-7-6-10-34-23)25(31)33-14-22(30)18-11-16(3)28(17(18)4)8-9-32-5/h6-7,10-13,15H,8-9,14H2,1-5H3. The number of rotatable bonds is 9. The molecule has 0 aliphatic rings. The number of pyridine rings is 1.